The second kappa shape index (κ2) is 7.22. The fourth-order valence-corrected chi connectivity index (χ4v) is 1.99. The van der Waals surface area contributed by atoms with Crippen molar-refractivity contribution < 1.29 is 4.74 Å². The highest BCUT2D eigenvalue weighted by Crippen LogP contribution is 2.18. The number of aromatic nitrogens is 3. The molecule has 0 saturated heterocycles. The number of nitrogens with zero attached hydrogens (tertiary/aromatic N) is 3. The Labute approximate surface area is 129 Å². The normalized spacial score (nSPS) is 10.7. The monoisotopic (exact) mass is 306 g/mol. The first-order chi connectivity index (χ1) is 10.1. The average Bonchev–Trinajstić information content (AvgIpc) is 2.45. The van der Waals surface area contributed by atoms with Gasteiger partial charge in [-0.1, -0.05) is 24.6 Å². The van der Waals surface area contributed by atoms with Crippen LogP contribution in [0.4, 0.5) is 5.82 Å². The van der Waals surface area contributed by atoms with E-state index in [0.29, 0.717) is 23.4 Å². The highest BCUT2D eigenvalue weighted by atomic mass is 35.5. The molecule has 0 aliphatic rings. The molecule has 0 spiro atoms. The zero-order valence-electron chi connectivity index (χ0n) is 12.4. The van der Waals surface area contributed by atoms with E-state index in [4.69, 9.17) is 16.3 Å². The number of pyridine rings is 1. The predicted molar refractivity (Wildman–Crippen MR) is 83.7 cm³/mol. The molecule has 112 valence electrons. The van der Waals surface area contributed by atoms with E-state index < -0.39 is 0 Å². The Bertz CT molecular complexity index is 604. The highest BCUT2D eigenvalue weighted by Gasteiger charge is 2.08. The maximum absolute atomic E-state index is 5.98. The third kappa shape index (κ3) is 4.56. The van der Waals surface area contributed by atoms with Gasteiger partial charge in [-0.3, -0.25) is 0 Å². The van der Waals surface area contributed by atoms with Crippen molar-refractivity contribution in [2.45, 2.75) is 39.8 Å². The van der Waals surface area contributed by atoms with Gasteiger partial charge in [0.15, 0.2) is 0 Å². The molecule has 2 rings (SSSR count). The zero-order chi connectivity index (χ0) is 15.2. The summed E-state index contributed by atoms with van der Waals surface area (Å²) in [5.41, 5.74) is 0.971. The molecule has 0 aliphatic carbocycles. The van der Waals surface area contributed by atoms with Gasteiger partial charge in [-0.05, 0) is 19.9 Å². The molecule has 0 radical (unpaired) electrons. The van der Waals surface area contributed by atoms with Crippen molar-refractivity contribution in [1.82, 2.24) is 15.0 Å². The quantitative estimate of drug-likeness (QED) is 0.828. The van der Waals surface area contributed by atoms with Crippen LogP contribution in [-0.4, -0.2) is 21.1 Å². The number of hydrogen-bond acceptors (Lipinski definition) is 5. The second-order valence-corrected chi connectivity index (χ2v) is 5.22. The Morgan fingerprint density at radius 3 is 2.86 bits per heavy atom. The van der Waals surface area contributed by atoms with Gasteiger partial charge in [0.1, 0.15) is 16.8 Å². The fraction of sp³-hybridized carbons (Fsp3) is 0.400. The van der Waals surface area contributed by atoms with Crippen molar-refractivity contribution in [2.24, 2.45) is 0 Å². The summed E-state index contributed by atoms with van der Waals surface area (Å²) in [6.07, 6.45) is 2.54. The minimum atomic E-state index is 0.0823. The maximum Gasteiger partial charge on any atom is 0.218 e. The van der Waals surface area contributed by atoms with E-state index in [1.54, 1.807) is 12.3 Å². The topological polar surface area (TPSA) is 59.9 Å². The Morgan fingerprint density at radius 1 is 1.33 bits per heavy atom. The van der Waals surface area contributed by atoms with E-state index >= 15 is 0 Å². The van der Waals surface area contributed by atoms with Crippen molar-refractivity contribution in [3.63, 3.8) is 0 Å². The van der Waals surface area contributed by atoms with Gasteiger partial charge in [-0.15, -0.1) is 0 Å². The third-order valence-electron chi connectivity index (χ3n) is 2.71. The van der Waals surface area contributed by atoms with Crippen LogP contribution in [0.2, 0.25) is 5.15 Å². The summed E-state index contributed by atoms with van der Waals surface area (Å²) in [5.74, 6) is 2.05. The minimum absolute atomic E-state index is 0.0823. The predicted octanol–water partition coefficient (Wildman–Crippen LogP) is 3.49. The molecule has 0 bridgehead atoms. The molecule has 0 atom stereocenters. The largest absolute Gasteiger partial charge is 0.475 e. The standard InChI is InChI=1S/C15H19ClN4O/c1-4-13-19-12(16)8-14(20-13)18-9-11-6-5-7-17-15(11)21-10(2)3/h5-8,10H,4,9H2,1-3H3,(H,18,19,20). The highest BCUT2D eigenvalue weighted by molar-refractivity contribution is 6.29. The van der Waals surface area contributed by atoms with Crippen LogP contribution < -0.4 is 10.1 Å². The summed E-state index contributed by atoms with van der Waals surface area (Å²) in [7, 11) is 0. The van der Waals surface area contributed by atoms with E-state index in [-0.39, 0.29) is 6.10 Å². The molecule has 6 heteroatoms. The molecule has 2 aromatic rings. The molecular formula is C15H19ClN4O. The van der Waals surface area contributed by atoms with Gasteiger partial charge in [-0.25, -0.2) is 15.0 Å². The van der Waals surface area contributed by atoms with Crippen LogP contribution in [0.15, 0.2) is 24.4 Å². The Hall–Kier alpha value is -1.88. The van der Waals surface area contributed by atoms with E-state index in [1.165, 1.54) is 0 Å². The summed E-state index contributed by atoms with van der Waals surface area (Å²) < 4.78 is 5.69. The summed E-state index contributed by atoms with van der Waals surface area (Å²) in [4.78, 5) is 12.8. The smallest absolute Gasteiger partial charge is 0.218 e. The first kappa shape index (κ1) is 15.5. The van der Waals surface area contributed by atoms with Crippen LogP contribution in [0.5, 0.6) is 5.88 Å². The maximum atomic E-state index is 5.98. The SMILES string of the molecule is CCc1nc(Cl)cc(NCc2cccnc2OC(C)C)n1. The second-order valence-electron chi connectivity index (χ2n) is 4.83. The molecule has 2 aromatic heterocycles. The van der Waals surface area contributed by atoms with Crippen molar-refractivity contribution in [2.75, 3.05) is 5.32 Å². The number of hydrogen-bond donors (Lipinski definition) is 1. The lowest BCUT2D eigenvalue weighted by Gasteiger charge is -2.13. The van der Waals surface area contributed by atoms with Gasteiger partial charge in [-0.2, -0.15) is 0 Å². The Kier molecular flexibility index (Phi) is 5.33. The molecule has 5 nitrogen and oxygen atoms in total. The number of rotatable bonds is 6. The van der Waals surface area contributed by atoms with Gasteiger partial charge >= 0.3 is 0 Å². The van der Waals surface area contributed by atoms with Gasteiger partial charge < -0.3 is 10.1 Å². The Morgan fingerprint density at radius 2 is 2.14 bits per heavy atom. The van der Waals surface area contributed by atoms with E-state index in [9.17, 15) is 0 Å². The van der Waals surface area contributed by atoms with Crippen LogP contribution in [0, 0.1) is 0 Å². The fourth-order valence-electron chi connectivity index (χ4n) is 1.79. The molecular weight excluding hydrogens is 288 g/mol. The van der Waals surface area contributed by atoms with Gasteiger partial charge in [0, 0.05) is 30.8 Å². The van der Waals surface area contributed by atoms with E-state index in [2.05, 4.69) is 20.3 Å². The molecule has 0 aromatic carbocycles. The number of anilines is 1. The van der Waals surface area contributed by atoms with E-state index in [0.717, 1.165) is 17.8 Å². The lowest BCUT2D eigenvalue weighted by atomic mass is 10.2. The van der Waals surface area contributed by atoms with E-state index in [1.807, 2.05) is 32.9 Å². The lowest BCUT2D eigenvalue weighted by molar-refractivity contribution is 0.230. The molecule has 0 fully saturated rings. The summed E-state index contributed by atoms with van der Waals surface area (Å²) in [6.45, 7) is 6.50. The first-order valence-electron chi connectivity index (χ1n) is 6.96. The van der Waals surface area contributed by atoms with Crippen molar-refractivity contribution in [3.05, 3.63) is 40.9 Å². The first-order valence-corrected chi connectivity index (χ1v) is 7.34. The minimum Gasteiger partial charge on any atom is -0.475 e. The average molecular weight is 307 g/mol. The lowest BCUT2D eigenvalue weighted by Crippen LogP contribution is -2.11. The van der Waals surface area contributed by atoms with Crippen LogP contribution in [0.25, 0.3) is 0 Å². The van der Waals surface area contributed by atoms with Crippen LogP contribution in [0.3, 0.4) is 0 Å². The number of nitrogens with one attached hydrogen (secondary N) is 1. The van der Waals surface area contributed by atoms with Gasteiger partial charge in [0.25, 0.3) is 0 Å². The third-order valence-corrected chi connectivity index (χ3v) is 2.91. The summed E-state index contributed by atoms with van der Waals surface area (Å²) in [6, 6.07) is 5.57. The van der Waals surface area contributed by atoms with Crippen molar-refractivity contribution >= 4 is 17.4 Å². The van der Waals surface area contributed by atoms with Crippen LogP contribution >= 0.6 is 11.6 Å². The van der Waals surface area contributed by atoms with Crippen LogP contribution in [-0.2, 0) is 13.0 Å². The molecule has 2 heterocycles. The van der Waals surface area contributed by atoms with Gasteiger partial charge in [0.05, 0.1) is 6.10 Å². The molecule has 0 aliphatic heterocycles. The number of ether oxygens (including phenoxy) is 1. The van der Waals surface area contributed by atoms with Crippen molar-refractivity contribution in [3.8, 4) is 5.88 Å². The van der Waals surface area contributed by atoms with Crippen molar-refractivity contribution in [1.29, 1.82) is 0 Å². The van der Waals surface area contributed by atoms with Gasteiger partial charge in [0.2, 0.25) is 5.88 Å². The Balaban J connectivity index is 2.11. The number of aryl methyl sites for hydroxylation is 1. The molecule has 0 unspecified atom stereocenters. The molecule has 21 heavy (non-hydrogen) atoms. The summed E-state index contributed by atoms with van der Waals surface area (Å²) in [5, 5.41) is 3.67. The molecule has 0 saturated carbocycles. The number of halogens is 1. The van der Waals surface area contributed by atoms with Crippen LogP contribution in [0.1, 0.15) is 32.2 Å². The molecule has 0 amide bonds. The molecule has 1 N–H and O–H groups in total. The summed E-state index contributed by atoms with van der Waals surface area (Å²) >= 11 is 5.98. The zero-order valence-corrected chi connectivity index (χ0v) is 13.2.